The van der Waals surface area contributed by atoms with Gasteiger partial charge in [-0.05, 0) is 42.5 Å². The molecule has 0 aliphatic rings. The predicted octanol–water partition coefficient (Wildman–Crippen LogP) is 6.63. The van der Waals surface area contributed by atoms with E-state index in [2.05, 4.69) is 20.5 Å². The van der Waals surface area contributed by atoms with E-state index in [0.29, 0.717) is 17.9 Å². The molecule has 1 N–H and O–H groups in total. The van der Waals surface area contributed by atoms with Crippen LogP contribution in [-0.4, -0.2) is 15.2 Å². The van der Waals surface area contributed by atoms with Crippen molar-refractivity contribution in [1.82, 2.24) is 15.2 Å². The molecule has 5 rings (SSSR count). The second-order valence-corrected chi connectivity index (χ2v) is 7.39. The first-order valence-corrected chi connectivity index (χ1v) is 10.3. The van der Waals surface area contributed by atoms with Crippen LogP contribution in [0.3, 0.4) is 0 Å². The molecule has 0 atom stereocenters. The quantitative estimate of drug-likeness (QED) is 0.306. The van der Waals surface area contributed by atoms with E-state index in [1.807, 2.05) is 36.4 Å². The molecule has 2 heterocycles. The number of rotatable bonds is 6. The van der Waals surface area contributed by atoms with Gasteiger partial charge in [-0.25, -0.2) is 0 Å². The van der Waals surface area contributed by atoms with Crippen LogP contribution in [0.2, 0.25) is 0 Å². The Morgan fingerprint density at radius 1 is 0.882 bits per heavy atom. The molecule has 9 heteroatoms. The van der Waals surface area contributed by atoms with Crippen molar-refractivity contribution in [2.24, 2.45) is 0 Å². The molecule has 0 aliphatic carbocycles. The van der Waals surface area contributed by atoms with Crippen molar-refractivity contribution >= 4 is 22.6 Å². The predicted molar refractivity (Wildman–Crippen MR) is 121 cm³/mol. The van der Waals surface area contributed by atoms with Gasteiger partial charge in [0.1, 0.15) is 12.4 Å². The van der Waals surface area contributed by atoms with E-state index < -0.39 is 11.7 Å². The molecule has 3 aromatic carbocycles. The van der Waals surface area contributed by atoms with Crippen LogP contribution in [0.1, 0.15) is 11.1 Å². The fourth-order valence-corrected chi connectivity index (χ4v) is 3.48. The highest BCUT2D eigenvalue weighted by Crippen LogP contribution is 2.33. The summed E-state index contributed by atoms with van der Waals surface area (Å²) in [5.41, 5.74) is 1.81. The molecule has 0 aliphatic heterocycles. The third-order valence-electron chi connectivity index (χ3n) is 5.11. The first-order chi connectivity index (χ1) is 16.5. The molecular weight excluding hydrogens is 445 g/mol. The van der Waals surface area contributed by atoms with Gasteiger partial charge in [-0.2, -0.15) is 13.2 Å². The summed E-state index contributed by atoms with van der Waals surface area (Å²) < 4.78 is 50.6. The number of pyridine rings is 1. The number of aromatic nitrogens is 3. The Hall–Kier alpha value is -4.40. The van der Waals surface area contributed by atoms with Gasteiger partial charge in [0.05, 0.1) is 16.6 Å². The minimum atomic E-state index is -4.45. The number of nitrogens with one attached hydrogen (secondary N) is 1. The van der Waals surface area contributed by atoms with E-state index in [9.17, 15) is 13.2 Å². The highest BCUT2D eigenvalue weighted by Gasteiger charge is 2.30. The monoisotopic (exact) mass is 462 g/mol. The Labute approximate surface area is 192 Å². The Morgan fingerprint density at radius 2 is 1.71 bits per heavy atom. The highest BCUT2D eigenvalue weighted by atomic mass is 19.4. The molecule has 0 fully saturated rings. The Balaban J connectivity index is 1.36. The van der Waals surface area contributed by atoms with Crippen LogP contribution in [0, 0.1) is 0 Å². The summed E-state index contributed by atoms with van der Waals surface area (Å²) in [6, 6.07) is 21.6. The summed E-state index contributed by atoms with van der Waals surface area (Å²) in [7, 11) is 0. The molecule has 170 valence electrons. The van der Waals surface area contributed by atoms with Crippen LogP contribution in [0.15, 0.2) is 89.5 Å². The maximum Gasteiger partial charge on any atom is 0.416 e. The SMILES string of the molecule is FC(F)(F)c1cccc(Nc2nnc(-c3ccccc3OCc3ccnc4ccccc34)o2)c1. The lowest BCUT2D eigenvalue weighted by atomic mass is 10.1. The van der Waals surface area contributed by atoms with Crippen LogP contribution in [0.4, 0.5) is 24.9 Å². The van der Waals surface area contributed by atoms with Gasteiger partial charge in [-0.3, -0.25) is 4.98 Å². The highest BCUT2D eigenvalue weighted by molar-refractivity contribution is 5.81. The average molecular weight is 462 g/mol. The summed E-state index contributed by atoms with van der Waals surface area (Å²) in [6.45, 7) is 0.295. The fourth-order valence-electron chi connectivity index (χ4n) is 3.48. The number of halogens is 3. The summed E-state index contributed by atoms with van der Waals surface area (Å²) in [6.07, 6.45) is -2.72. The minimum absolute atomic E-state index is 0.0377. The molecule has 6 nitrogen and oxygen atoms in total. The molecule has 0 radical (unpaired) electrons. The van der Waals surface area contributed by atoms with E-state index in [1.165, 1.54) is 12.1 Å². The molecular formula is C25H17F3N4O2. The van der Waals surface area contributed by atoms with Crippen molar-refractivity contribution in [3.63, 3.8) is 0 Å². The molecule has 0 unspecified atom stereocenters. The van der Waals surface area contributed by atoms with Gasteiger partial charge in [0.15, 0.2) is 0 Å². The largest absolute Gasteiger partial charge is 0.488 e. The zero-order chi connectivity index (χ0) is 23.5. The van der Waals surface area contributed by atoms with Crippen molar-refractivity contribution in [2.45, 2.75) is 12.8 Å². The van der Waals surface area contributed by atoms with Gasteiger partial charge in [-0.1, -0.05) is 41.5 Å². The summed E-state index contributed by atoms with van der Waals surface area (Å²) in [5.74, 6) is 0.697. The lowest BCUT2D eigenvalue weighted by molar-refractivity contribution is -0.137. The third-order valence-corrected chi connectivity index (χ3v) is 5.11. The molecule has 5 aromatic rings. The van der Waals surface area contributed by atoms with Crippen molar-refractivity contribution in [2.75, 3.05) is 5.32 Å². The number of benzene rings is 3. The molecule has 0 spiro atoms. The van der Waals surface area contributed by atoms with Gasteiger partial charge >= 0.3 is 12.2 Å². The van der Waals surface area contributed by atoms with Crippen LogP contribution in [0.25, 0.3) is 22.4 Å². The first-order valence-electron chi connectivity index (χ1n) is 10.3. The van der Waals surface area contributed by atoms with E-state index in [0.717, 1.165) is 28.6 Å². The topological polar surface area (TPSA) is 73.1 Å². The number of anilines is 2. The van der Waals surface area contributed by atoms with Crippen LogP contribution in [-0.2, 0) is 12.8 Å². The van der Waals surface area contributed by atoms with E-state index >= 15 is 0 Å². The molecule has 0 bridgehead atoms. The zero-order valence-electron chi connectivity index (χ0n) is 17.6. The zero-order valence-corrected chi connectivity index (χ0v) is 17.6. The molecule has 0 saturated heterocycles. The first kappa shape index (κ1) is 21.4. The smallest absolute Gasteiger partial charge is 0.416 e. The molecule has 0 saturated carbocycles. The Morgan fingerprint density at radius 3 is 2.59 bits per heavy atom. The number of fused-ring (bicyclic) bond motifs is 1. The van der Waals surface area contributed by atoms with Crippen LogP contribution >= 0.6 is 0 Å². The summed E-state index contributed by atoms with van der Waals surface area (Å²) in [4.78, 5) is 4.36. The van der Waals surface area contributed by atoms with Crippen LogP contribution < -0.4 is 10.1 Å². The maximum absolute atomic E-state index is 13.0. The molecule has 34 heavy (non-hydrogen) atoms. The van der Waals surface area contributed by atoms with Gasteiger partial charge in [0.2, 0.25) is 0 Å². The van der Waals surface area contributed by atoms with Gasteiger partial charge in [0.25, 0.3) is 5.89 Å². The minimum Gasteiger partial charge on any atom is -0.488 e. The van der Waals surface area contributed by atoms with Crippen molar-refractivity contribution in [1.29, 1.82) is 0 Å². The number of hydrogen-bond acceptors (Lipinski definition) is 6. The standard InChI is InChI=1S/C25H17F3N4O2/c26-25(27,28)17-6-5-7-18(14-17)30-24-32-31-23(34-24)20-9-2-4-11-22(20)33-15-16-12-13-29-21-10-3-1-8-19(16)21/h1-14H,15H2,(H,30,32). The number of hydrogen-bond donors (Lipinski definition) is 1. The Kier molecular flexibility index (Phi) is 5.59. The number of para-hydroxylation sites is 2. The fraction of sp³-hybridized carbons (Fsp3) is 0.0800. The van der Waals surface area contributed by atoms with Gasteiger partial charge in [-0.15, -0.1) is 5.10 Å². The van der Waals surface area contributed by atoms with Crippen LogP contribution in [0.5, 0.6) is 5.75 Å². The van der Waals surface area contributed by atoms with Gasteiger partial charge in [0, 0.05) is 22.8 Å². The molecule has 2 aromatic heterocycles. The second kappa shape index (κ2) is 8.86. The lowest BCUT2D eigenvalue weighted by Crippen LogP contribution is -2.05. The average Bonchev–Trinajstić information content (AvgIpc) is 3.31. The van der Waals surface area contributed by atoms with Crippen molar-refractivity contribution < 1.29 is 22.3 Å². The van der Waals surface area contributed by atoms with E-state index in [1.54, 1.807) is 24.4 Å². The second-order valence-electron chi connectivity index (χ2n) is 7.39. The van der Waals surface area contributed by atoms with Crippen molar-refractivity contribution in [3.05, 3.63) is 96.2 Å². The normalized spacial score (nSPS) is 11.5. The summed E-state index contributed by atoms with van der Waals surface area (Å²) >= 11 is 0. The maximum atomic E-state index is 13.0. The lowest BCUT2D eigenvalue weighted by Gasteiger charge is -2.11. The summed E-state index contributed by atoms with van der Waals surface area (Å²) in [5, 5.41) is 11.6. The Bertz CT molecular complexity index is 1440. The van der Waals surface area contributed by atoms with Crippen molar-refractivity contribution in [3.8, 4) is 17.2 Å². The number of ether oxygens (including phenoxy) is 1. The third kappa shape index (κ3) is 4.54. The molecule has 0 amide bonds. The van der Waals surface area contributed by atoms with E-state index in [-0.39, 0.29) is 17.6 Å². The van der Waals surface area contributed by atoms with E-state index in [4.69, 9.17) is 9.15 Å². The van der Waals surface area contributed by atoms with Gasteiger partial charge < -0.3 is 14.5 Å². The number of alkyl halides is 3. The number of nitrogens with zero attached hydrogens (tertiary/aromatic N) is 3.